The predicted molar refractivity (Wildman–Crippen MR) is 85.2 cm³/mol. The fourth-order valence-corrected chi connectivity index (χ4v) is 2.90. The van der Waals surface area contributed by atoms with Gasteiger partial charge in [-0.2, -0.15) is 8.75 Å². The number of ether oxygens (including phenoxy) is 1. The Kier molecular flexibility index (Phi) is 4.53. The molecule has 2 heterocycles. The highest BCUT2D eigenvalue weighted by Crippen LogP contribution is 2.16. The van der Waals surface area contributed by atoms with Crippen molar-refractivity contribution < 1.29 is 9.53 Å². The van der Waals surface area contributed by atoms with Gasteiger partial charge in [0, 0.05) is 26.2 Å². The Labute approximate surface area is 133 Å². The molecule has 0 N–H and O–H groups in total. The van der Waals surface area contributed by atoms with Gasteiger partial charge in [0.15, 0.2) is 11.9 Å². The van der Waals surface area contributed by atoms with E-state index >= 15 is 0 Å². The standard InChI is InChI=1S/C15H18N4O2S/c1-12(21-13-5-3-2-4-6-13)15(20)19-9-7-18(8-10-19)14-11-16-22-17-14/h2-6,11-12H,7-10H2,1H3. The molecular formula is C15H18N4O2S. The summed E-state index contributed by atoms with van der Waals surface area (Å²) in [6.45, 7) is 4.70. The van der Waals surface area contributed by atoms with Crippen molar-refractivity contribution in [3.05, 3.63) is 36.5 Å². The second-order valence-electron chi connectivity index (χ2n) is 5.15. The molecule has 0 aliphatic carbocycles. The van der Waals surface area contributed by atoms with Crippen LogP contribution in [0.3, 0.4) is 0 Å². The molecule has 1 saturated heterocycles. The summed E-state index contributed by atoms with van der Waals surface area (Å²) in [7, 11) is 0. The first-order chi connectivity index (χ1) is 10.7. The number of carbonyl (C=O) groups is 1. The van der Waals surface area contributed by atoms with E-state index in [1.165, 1.54) is 11.7 Å². The van der Waals surface area contributed by atoms with Crippen LogP contribution in [0.4, 0.5) is 5.82 Å². The smallest absolute Gasteiger partial charge is 0.263 e. The molecule has 1 amide bonds. The van der Waals surface area contributed by atoms with E-state index in [2.05, 4.69) is 13.6 Å². The first-order valence-corrected chi connectivity index (χ1v) is 8.00. The normalized spacial score (nSPS) is 16.4. The van der Waals surface area contributed by atoms with Crippen molar-refractivity contribution in [3.63, 3.8) is 0 Å². The molecular weight excluding hydrogens is 300 g/mol. The van der Waals surface area contributed by atoms with Crippen LogP contribution in [-0.2, 0) is 4.79 Å². The Morgan fingerprint density at radius 1 is 1.23 bits per heavy atom. The molecule has 1 atom stereocenters. The summed E-state index contributed by atoms with van der Waals surface area (Å²) in [5, 5.41) is 0. The van der Waals surface area contributed by atoms with Crippen LogP contribution in [0.25, 0.3) is 0 Å². The van der Waals surface area contributed by atoms with E-state index in [1.54, 1.807) is 13.1 Å². The molecule has 0 saturated carbocycles. The van der Waals surface area contributed by atoms with E-state index in [1.807, 2.05) is 35.2 Å². The Morgan fingerprint density at radius 2 is 1.95 bits per heavy atom. The van der Waals surface area contributed by atoms with Crippen molar-refractivity contribution in [2.75, 3.05) is 31.1 Å². The highest BCUT2D eigenvalue weighted by atomic mass is 32.1. The maximum absolute atomic E-state index is 12.5. The quantitative estimate of drug-likeness (QED) is 0.858. The molecule has 1 aliphatic rings. The van der Waals surface area contributed by atoms with Crippen LogP contribution in [0.5, 0.6) is 5.75 Å². The third-order valence-electron chi connectivity index (χ3n) is 3.67. The van der Waals surface area contributed by atoms with E-state index in [0.29, 0.717) is 13.1 Å². The molecule has 7 heteroatoms. The van der Waals surface area contributed by atoms with Crippen molar-refractivity contribution in [2.45, 2.75) is 13.0 Å². The number of hydrogen-bond donors (Lipinski definition) is 0. The number of benzene rings is 1. The molecule has 0 bridgehead atoms. The second-order valence-corrected chi connectivity index (χ2v) is 5.71. The van der Waals surface area contributed by atoms with Gasteiger partial charge in [-0.05, 0) is 19.1 Å². The number of piperazine rings is 1. The highest BCUT2D eigenvalue weighted by Gasteiger charge is 2.26. The lowest BCUT2D eigenvalue weighted by Crippen LogP contribution is -2.52. The van der Waals surface area contributed by atoms with Gasteiger partial charge in [-0.25, -0.2) is 0 Å². The van der Waals surface area contributed by atoms with Crippen molar-refractivity contribution in [2.24, 2.45) is 0 Å². The summed E-state index contributed by atoms with van der Waals surface area (Å²) in [4.78, 5) is 16.5. The SMILES string of the molecule is CC(Oc1ccccc1)C(=O)N1CCN(c2cnsn2)CC1. The minimum absolute atomic E-state index is 0.0277. The maximum Gasteiger partial charge on any atom is 0.263 e. The molecule has 1 aliphatic heterocycles. The molecule has 1 unspecified atom stereocenters. The van der Waals surface area contributed by atoms with Gasteiger partial charge >= 0.3 is 0 Å². The van der Waals surface area contributed by atoms with E-state index in [9.17, 15) is 4.79 Å². The third kappa shape index (κ3) is 3.36. The first-order valence-electron chi connectivity index (χ1n) is 7.27. The lowest BCUT2D eigenvalue weighted by atomic mass is 10.2. The topological polar surface area (TPSA) is 58.6 Å². The Balaban J connectivity index is 1.53. The maximum atomic E-state index is 12.5. The molecule has 1 aromatic heterocycles. The number of carbonyl (C=O) groups excluding carboxylic acids is 1. The Morgan fingerprint density at radius 3 is 2.59 bits per heavy atom. The fraction of sp³-hybridized carbons (Fsp3) is 0.400. The van der Waals surface area contributed by atoms with Crippen molar-refractivity contribution in [1.82, 2.24) is 13.6 Å². The summed E-state index contributed by atoms with van der Waals surface area (Å²) in [6, 6.07) is 9.43. The minimum Gasteiger partial charge on any atom is -0.481 e. The van der Waals surface area contributed by atoms with Gasteiger partial charge in [-0.15, -0.1) is 0 Å². The molecule has 0 radical (unpaired) electrons. The average Bonchev–Trinajstić information content (AvgIpc) is 3.10. The minimum atomic E-state index is -0.477. The molecule has 116 valence electrons. The lowest BCUT2D eigenvalue weighted by Gasteiger charge is -2.35. The molecule has 2 aromatic rings. The lowest BCUT2D eigenvalue weighted by molar-refractivity contribution is -0.138. The predicted octanol–water partition coefficient (Wildman–Crippen LogP) is 1.65. The van der Waals surface area contributed by atoms with Gasteiger partial charge in [0.25, 0.3) is 5.91 Å². The van der Waals surface area contributed by atoms with Crippen LogP contribution in [-0.4, -0.2) is 51.8 Å². The zero-order valence-corrected chi connectivity index (χ0v) is 13.2. The summed E-state index contributed by atoms with van der Waals surface area (Å²) in [6.07, 6.45) is 1.29. The molecule has 3 rings (SSSR count). The van der Waals surface area contributed by atoms with Gasteiger partial charge in [0.05, 0.1) is 17.9 Å². The molecule has 1 aromatic carbocycles. The van der Waals surface area contributed by atoms with Crippen LogP contribution in [0.1, 0.15) is 6.92 Å². The number of rotatable bonds is 4. The Bertz CT molecular complexity index is 597. The van der Waals surface area contributed by atoms with E-state index < -0.39 is 6.10 Å². The highest BCUT2D eigenvalue weighted by molar-refractivity contribution is 6.99. The third-order valence-corrected chi connectivity index (χ3v) is 4.14. The fourth-order valence-electron chi connectivity index (χ4n) is 2.47. The van der Waals surface area contributed by atoms with Gasteiger partial charge in [-0.1, -0.05) is 18.2 Å². The van der Waals surface area contributed by atoms with E-state index in [0.717, 1.165) is 24.7 Å². The van der Waals surface area contributed by atoms with Crippen LogP contribution < -0.4 is 9.64 Å². The van der Waals surface area contributed by atoms with E-state index in [-0.39, 0.29) is 5.91 Å². The van der Waals surface area contributed by atoms with Gasteiger partial charge in [0.2, 0.25) is 0 Å². The van der Waals surface area contributed by atoms with Gasteiger partial charge < -0.3 is 14.5 Å². The second kappa shape index (κ2) is 6.74. The van der Waals surface area contributed by atoms with Gasteiger partial charge in [0.1, 0.15) is 5.75 Å². The number of aromatic nitrogens is 2. The first kappa shape index (κ1) is 14.8. The van der Waals surface area contributed by atoms with E-state index in [4.69, 9.17) is 4.74 Å². The van der Waals surface area contributed by atoms with Gasteiger partial charge in [-0.3, -0.25) is 4.79 Å². The number of amides is 1. The van der Waals surface area contributed by atoms with Crippen LogP contribution in [0.15, 0.2) is 36.5 Å². The van der Waals surface area contributed by atoms with Crippen LogP contribution >= 0.6 is 11.7 Å². The number of anilines is 1. The Hall–Kier alpha value is -2.15. The summed E-state index contributed by atoms with van der Waals surface area (Å²) < 4.78 is 13.9. The van der Waals surface area contributed by atoms with Crippen LogP contribution in [0, 0.1) is 0 Å². The largest absolute Gasteiger partial charge is 0.481 e. The molecule has 1 fully saturated rings. The number of nitrogens with zero attached hydrogens (tertiary/aromatic N) is 4. The van der Waals surface area contributed by atoms with Crippen molar-refractivity contribution in [1.29, 1.82) is 0 Å². The molecule has 0 spiro atoms. The zero-order valence-electron chi connectivity index (χ0n) is 12.4. The molecule has 22 heavy (non-hydrogen) atoms. The summed E-state index contributed by atoms with van der Waals surface area (Å²) in [5.41, 5.74) is 0. The zero-order chi connectivity index (χ0) is 15.4. The molecule has 6 nitrogen and oxygen atoms in total. The van der Waals surface area contributed by atoms with Crippen LogP contribution in [0.2, 0.25) is 0 Å². The summed E-state index contributed by atoms with van der Waals surface area (Å²) >= 11 is 1.20. The van der Waals surface area contributed by atoms with Crippen molar-refractivity contribution in [3.8, 4) is 5.75 Å². The number of para-hydroxylation sites is 1. The average molecular weight is 318 g/mol. The summed E-state index contributed by atoms with van der Waals surface area (Å²) in [5.74, 6) is 1.64. The van der Waals surface area contributed by atoms with Crippen molar-refractivity contribution >= 4 is 23.5 Å². The monoisotopic (exact) mass is 318 g/mol. The number of hydrogen-bond acceptors (Lipinski definition) is 6.